The van der Waals surface area contributed by atoms with Crippen LogP contribution in [-0.2, 0) is 16.0 Å². The van der Waals surface area contributed by atoms with Crippen molar-refractivity contribution in [2.24, 2.45) is 0 Å². The smallest absolute Gasteiger partial charge is 0.310 e. The zero-order valence-electron chi connectivity index (χ0n) is 8.34. The Balaban J connectivity index is 3.18. The molecule has 0 aromatic carbocycles. The molecule has 1 rings (SSSR count). The van der Waals surface area contributed by atoms with Gasteiger partial charge in [-0.3, -0.25) is 4.79 Å². The van der Waals surface area contributed by atoms with E-state index >= 15 is 0 Å². The monoisotopic (exact) mass is 250 g/mol. The Hall–Kier alpha value is -1.43. The first-order valence-electron chi connectivity index (χ1n) is 4.25. The molecule has 0 aliphatic carbocycles. The summed E-state index contributed by atoms with van der Waals surface area (Å²) in [5, 5.41) is -0.323. The number of nitrogens with zero attached hydrogens (tertiary/aromatic N) is 1. The Morgan fingerprint density at radius 1 is 1.69 bits per heavy atom. The molecule has 0 aliphatic rings. The number of alkyl halides is 2. The number of nitrogens with two attached hydrogens (primary N) is 1. The summed E-state index contributed by atoms with van der Waals surface area (Å²) in [6.45, 7) is 0. The van der Waals surface area contributed by atoms with Crippen molar-refractivity contribution in [3.05, 3.63) is 22.3 Å². The number of halogens is 3. The number of esters is 1. The molecule has 1 aromatic heterocycles. The topological polar surface area (TPSA) is 65.2 Å². The summed E-state index contributed by atoms with van der Waals surface area (Å²) in [5.74, 6) is -0.838. The third-order valence-corrected chi connectivity index (χ3v) is 2.34. The van der Waals surface area contributed by atoms with Gasteiger partial charge in [0, 0.05) is 11.8 Å². The normalized spacial score (nSPS) is 10.6. The van der Waals surface area contributed by atoms with E-state index in [-0.39, 0.29) is 22.8 Å². The van der Waals surface area contributed by atoms with E-state index in [0.29, 0.717) is 0 Å². The Labute approximate surface area is 95.4 Å². The van der Waals surface area contributed by atoms with Crippen LogP contribution in [0.5, 0.6) is 0 Å². The highest BCUT2D eigenvalue weighted by Crippen LogP contribution is 2.33. The van der Waals surface area contributed by atoms with Crippen LogP contribution in [0, 0.1) is 0 Å². The SMILES string of the molecule is COC(=O)Cc1cnc(N)c(Cl)c1C(F)F. The predicted molar refractivity (Wildman–Crippen MR) is 54.3 cm³/mol. The molecule has 1 heterocycles. The van der Waals surface area contributed by atoms with Crippen LogP contribution in [0.25, 0.3) is 0 Å². The van der Waals surface area contributed by atoms with Gasteiger partial charge in [0.15, 0.2) is 0 Å². The molecule has 2 N–H and O–H groups in total. The summed E-state index contributed by atoms with van der Waals surface area (Å²) in [6.07, 6.45) is -2.04. The number of hydrogen-bond acceptors (Lipinski definition) is 4. The molecule has 0 bridgehead atoms. The fourth-order valence-corrected chi connectivity index (χ4v) is 1.41. The lowest BCUT2D eigenvalue weighted by Crippen LogP contribution is -2.09. The number of carbonyl (C=O) groups excluding carboxylic acids is 1. The Morgan fingerprint density at radius 3 is 2.81 bits per heavy atom. The molecule has 88 valence electrons. The van der Waals surface area contributed by atoms with Crippen LogP contribution in [-0.4, -0.2) is 18.1 Å². The van der Waals surface area contributed by atoms with E-state index in [1.165, 1.54) is 0 Å². The Kier molecular flexibility index (Phi) is 4.00. The Bertz CT molecular complexity index is 413. The highest BCUT2D eigenvalue weighted by molar-refractivity contribution is 6.33. The van der Waals surface area contributed by atoms with Crippen molar-refractivity contribution in [1.29, 1.82) is 0 Å². The molecular weight excluding hydrogens is 242 g/mol. The predicted octanol–water partition coefficient (Wildman–Crippen LogP) is 1.97. The quantitative estimate of drug-likeness (QED) is 0.833. The van der Waals surface area contributed by atoms with Crippen molar-refractivity contribution in [1.82, 2.24) is 4.98 Å². The first kappa shape index (κ1) is 12.6. The lowest BCUT2D eigenvalue weighted by Gasteiger charge is -2.10. The first-order chi connectivity index (χ1) is 7.47. The van der Waals surface area contributed by atoms with Gasteiger partial charge in [0.25, 0.3) is 6.43 Å². The zero-order chi connectivity index (χ0) is 12.3. The third kappa shape index (κ3) is 2.57. The average Bonchev–Trinajstić information content (AvgIpc) is 2.23. The number of rotatable bonds is 3. The minimum Gasteiger partial charge on any atom is -0.469 e. The number of pyridine rings is 1. The zero-order valence-corrected chi connectivity index (χ0v) is 9.09. The largest absolute Gasteiger partial charge is 0.469 e. The summed E-state index contributed by atoms with van der Waals surface area (Å²) in [5.41, 5.74) is 4.84. The van der Waals surface area contributed by atoms with Gasteiger partial charge in [-0.15, -0.1) is 0 Å². The summed E-state index contributed by atoms with van der Waals surface area (Å²) >= 11 is 5.60. The van der Waals surface area contributed by atoms with Crippen LogP contribution < -0.4 is 5.73 Å². The first-order valence-corrected chi connectivity index (χ1v) is 4.62. The van der Waals surface area contributed by atoms with Crippen molar-refractivity contribution < 1.29 is 18.3 Å². The molecule has 0 amide bonds. The van der Waals surface area contributed by atoms with Crippen LogP contribution in [0.3, 0.4) is 0 Å². The number of anilines is 1. The molecule has 4 nitrogen and oxygen atoms in total. The molecule has 0 atom stereocenters. The molecule has 0 fully saturated rings. The van der Waals surface area contributed by atoms with E-state index in [0.717, 1.165) is 13.3 Å². The molecule has 0 saturated carbocycles. The molecule has 0 radical (unpaired) electrons. The van der Waals surface area contributed by atoms with E-state index in [1.807, 2.05) is 0 Å². The lowest BCUT2D eigenvalue weighted by atomic mass is 10.1. The number of aromatic nitrogens is 1. The van der Waals surface area contributed by atoms with Gasteiger partial charge >= 0.3 is 5.97 Å². The maximum Gasteiger partial charge on any atom is 0.310 e. The number of methoxy groups -OCH3 is 1. The van der Waals surface area contributed by atoms with Crippen molar-refractivity contribution in [3.63, 3.8) is 0 Å². The van der Waals surface area contributed by atoms with E-state index < -0.39 is 18.0 Å². The molecule has 0 spiro atoms. The van der Waals surface area contributed by atoms with Gasteiger partial charge in [0.05, 0.1) is 18.6 Å². The fourth-order valence-electron chi connectivity index (χ4n) is 1.16. The van der Waals surface area contributed by atoms with Gasteiger partial charge in [0.2, 0.25) is 0 Å². The second-order valence-electron chi connectivity index (χ2n) is 2.95. The summed E-state index contributed by atoms with van der Waals surface area (Å²) in [7, 11) is 1.16. The minimum absolute atomic E-state index is 0.0149. The van der Waals surface area contributed by atoms with Crippen LogP contribution >= 0.6 is 11.6 Å². The fraction of sp³-hybridized carbons (Fsp3) is 0.333. The van der Waals surface area contributed by atoms with Crippen molar-refractivity contribution in [2.75, 3.05) is 12.8 Å². The average molecular weight is 251 g/mol. The molecule has 0 unspecified atom stereocenters. The molecular formula is C9H9ClF2N2O2. The van der Waals surface area contributed by atoms with Gasteiger partial charge in [0.1, 0.15) is 5.82 Å². The maximum absolute atomic E-state index is 12.7. The van der Waals surface area contributed by atoms with E-state index in [1.54, 1.807) is 0 Å². The van der Waals surface area contributed by atoms with Crippen molar-refractivity contribution in [2.45, 2.75) is 12.8 Å². The lowest BCUT2D eigenvalue weighted by molar-refractivity contribution is -0.139. The van der Waals surface area contributed by atoms with Gasteiger partial charge in [-0.25, -0.2) is 13.8 Å². The van der Waals surface area contributed by atoms with E-state index in [2.05, 4.69) is 9.72 Å². The molecule has 0 saturated heterocycles. The number of hydrogen-bond donors (Lipinski definition) is 1. The molecule has 7 heteroatoms. The highest BCUT2D eigenvalue weighted by atomic mass is 35.5. The molecule has 16 heavy (non-hydrogen) atoms. The molecule has 0 aliphatic heterocycles. The second kappa shape index (κ2) is 5.07. The van der Waals surface area contributed by atoms with Gasteiger partial charge in [-0.2, -0.15) is 0 Å². The Morgan fingerprint density at radius 2 is 2.31 bits per heavy atom. The summed E-state index contributed by atoms with van der Waals surface area (Å²) in [6, 6.07) is 0. The number of ether oxygens (including phenoxy) is 1. The minimum atomic E-state index is -2.82. The number of nitrogen functional groups attached to an aromatic ring is 1. The highest BCUT2D eigenvalue weighted by Gasteiger charge is 2.21. The number of carbonyl (C=O) groups is 1. The van der Waals surface area contributed by atoms with Gasteiger partial charge in [-0.1, -0.05) is 11.6 Å². The second-order valence-corrected chi connectivity index (χ2v) is 3.33. The standard InChI is InChI=1S/C9H9ClF2N2O2/c1-16-5(15)2-4-3-14-9(13)7(10)6(4)8(11)12/h3,8H,2H2,1H3,(H2,13,14). The third-order valence-electron chi connectivity index (χ3n) is 1.95. The van der Waals surface area contributed by atoms with Crippen molar-refractivity contribution in [3.8, 4) is 0 Å². The van der Waals surface area contributed by atoms with E-state index in [9.17, 15) is 13.6 Å². The van der Waals surface area contributed by atoms with Gasteiger partial charge < -0.3 is 10.5 Å². The van der Waals surface area contributed by atoms with E-state index in [4.69, 9.17) is 17.3 Å². The van der Waals surface area contributed by atoms with Crippen LogP contribution in [0.15, 0.2) is 6.20 Å². The molecule has 1 aromatic rings. The van der Waals surface area contributed by atoms with Crippen LogP contribution in [0.4, 0.5) is 14.6 Å². The van der Waals surface area contributed by atoms with Crippen LogP contribution in [0.1, 0.15) is 17.6 Å². The summed E-state index contributed by atoms with van der Waals surface area (Å²) in [4.78, 5) is 14.6. The van der Waals surface area contributed by atoms with Gasteiger partial charge in [-0.05, 0) is 5.56 Å². The summed E-state index contributed by atoms with van der Waals surface area (Å²) < 4.78 is 29.8. The maximum atomic E-state index is 12.7. The van der Waals surface area contributed by atoms with Crippen LogP contribution in [0.2, 0.25) is 5.02 Å². The van der Waals surface area contributed by atoms with Crippen molar-refractivity contribution >= 4 is 23.4 Å².